The molecule has 0 aliphatic carbocycles. The Labute approximate surface area is 127 Å². The van der Waals surface area contributed by atoms with E-state index in [4.69, 9.17) is 4.74 Å². The largest absolute Gasteiger partial charge is 0.454 e. The monoisotopic (exact) mass is 300 g/mol. The average Bonchev–Trinajstić information content (AvgIpc) is 3.05. The predicted octanol–water partition coefficient (Wildman–Crippen LogP) is 1.69. The molecule has 0 saturated carbocycles. The lowest BCUT2D eigenvalue weighted by atomic mass is 10.1. The molecule has 0 bridgehead atoms. The van der Waals surface area contributed by atoms with Gasteiger partial charge in [0.1, 0.15) is 0 Å². The summed E-state index contributed by atoms with van der Waals surface area (Å²) >= 11 is 0. The minimum atomic E-state index is -0.564. The molecular weight excluding hydrogens is 284 g/mol. The van der Waals surface area contributed by atoms with E-state index in [1.165, 1.54) is 6.92 Å². The molecule has 0 saturated heterocycles. The Hall–Kier alpha value is -2.89. The Kier molecular flexibility index (Phi) is 5.08. The highest BCUT2D eigenvalue weighted by atomic mass is 16.5. The fourth-order valence-corrected chi connectivity index (χ4v) is 1.78. The highest BCUT2D eigenvalue weighted by Gasteiger charge is 2.12. The first kappa shape index (κ1) is 15.5. The Morgan fingerprint density at radius 3 is 2.45 bits per heavy atom. The number of amides is 1. The van der Waals surface area contributed by atoms with E-state index in [9.17, 15) is 14.4 Å². The lowest BCUT2D eigenvalue weighted by Crippen LogP contribution is -2.19. The summed E-state index contributed by atoms with van der Waals surface area (Å²) in [5.41, 5.74) is 1.62. The van der Waals surface area contributed by atoms with Gasteiger partial charge in [-0.3, -0.25) is 9.59 Å². The van der Waals surface area contributed by atoms with E-state index in [0.717, 1.165) is 5.56 Å². The summed E-state index contributed by atoms with van der Waals surface area (Å²) in [7, 11) is 0. The third kappa shape index (κ3) is 4.31. The van der Waals surface area contributed by atoms with Crippen molar-refractivity contribution in [2.45, 2.75) is 13.5 Å². The van der Waals surface area contributed by atoms with Crippen LogP contribution in [0.5, 0.6) is 0 Å². The maximum absolute atomic E-state index is 11.8. The van der Waals surface area contributed by atoms with Crippen LogP contribution in [0.1, 0.15) is 33.3 Å². The smallest absolute Gasteiger partial charge is 0.338 e. The van der Waals surface area contributed by atoms with E-state index in [-0.39, 0.29) is 18.3 Å². The summed E-state index contributed by atoms with van der Waals surface area (Å²) in [4.78, 5) is 37.1. The van der Waals surface area contributed by atoms with Gasteiger partial charge in [0.05, 0.1) is 11.3 Å². The van der Waals surface area contributed by atoms with Gasteiger partial charge in [0.2, 0.25) is 11.7 Å². The number of carbonyl (C=O) groups is 3. The molecule has 22 heavy (non-hydrogen) atoms. The molecule has 2 rings (SSSR count). The van der Waals surface area contributed by atoms with Gasteiger partial charge >= 0.3 is 5.97 Å². The van der Waals surface area contributed by atoms with Crippen molar-refractivity contribution in [2.75, 3.05) is 6.61 Å². The maximum atomic E-state index is 11.8. The zero-order valence-electron chi connectivity index (χ0n) is 12.1. The third-order valence-corrected chi connectivity index (χ3v) is 2.96. The summed E-state index contributed by atoms with van der Waals surface area (Å²) < 4.78 is 4.97. The van der Waals surface area contributed by atoms with Gasteiger partial charge in [-0.25, -0.2) is 4.79 Å². The number of aromatic amines is 1. The molecule has 0 radical (unpaired) electrons. The summed E-state index contributed by atoms with van der Waals surface area (Å²) in [6, 6.07) is 9.95. The first-order chi connectivity index (χ1) is 10.6. The van der Waals surface area contributed by atoms with Gasteiger partial charge in [-0.15, -0.1) is 0 Å². The van der Waals surface area contributed by atoms with Crippen LogP contribution in [0.15, 0.2) is 42.6 Å². The van der Waals surface area contributed by atoms with Crippen LogP contribution >= 0.6 is 0 Å². The molecule has 1 amide bonds. The zero-order valence-corrected chi connectivity index (χ0v) is 12.1. The van der Waals surface area contributed by atoms with Crippen molar-refractivity contribution >= 4 is 17.7 Å². The highest BCUT2D eigenvalue weighted by Crippen LogP contribution is 2.07. The van der Waals surface area contributed by atoms with E-state index >= 15 is 0 Å². The van der Waals surface area contributed by atoms with Crippen LogP contribution in [0.4, 0.5) is 0 Å². The first-order valence-corrected chi connectivity index (χ1v) is 6.73. The number of aromatic nitrogens is 1. The topological polar surface area (TPSA) is 88.3 Å². The van der Waals surface area contributed by atoms with Crippen molar-refractivity contribution in [1.29, 1.82) is 0 Å². The number of hydrogen-bond acceptors (Lipinski definition) is 4. The fraction of sp³-hybridized carbons (Fsp3) is 0.188. The molecule has 1 heterocycles. The van der Waals surface area contributed by atoms with Crippen molar-refractivity contribution in [1.82, 2.24) is 10.3 Å². The number of rotatable bonds is 6. The van der Waals surface area contributed by atoms with E-state index in [1.54, 1.807) is 42.6 Å². The Morgan fingerprint density at radius 2 is 1.86 bits per heavy atom. The minimum absolute atomic E-state index is 0.119. The first-order valence-electron chi connectivity index (χ1n) is 6.73. The summed E-state index contributed by atoms with van der Waals surface area (Å²) in [6.07, 6.45) is 1.63. The van der Waals surface area contributed by atoms with Crippen LogP contribution < -0.4 is 5.32 Å². The molecular formula is C16H16N2O4. The number of ether oxygens (including phenoxy) is 1. The number of nitrogens with one attached hydrogen (secondary N) is 2. The van der Waals surface area contributed by atoms with Crippen molar-refractivity contribution < 1.29 is 19.1 Å². The van der Waals surface area contributed by atoms with Gasteiger partial charge in [-0.1, -0.05) is 12.1 Å². The Balaban J connectivity index is 1.87. The average molecular weight is 300 g/mol. The van der Waals surface area contributed by atoms with Gasteiger partial charge in [0, 0.05) is 19.7 Å². The molecule has 2 N–H and O–H groups in total. The van der Waals surface area contributed by atoms with Crippen molar-refractivity contribution in [2.24, 2.45) is 0 Å². The molecule has 1 aromatic heterocycles. The minimum Gasteiger partial charge on any atom is -0.454 e. The van der Waals surface area contributed by atoms with Crippen molar-refractivity contribution in [3.63, 3.8) is 0 Å². The van der Waals surface area contributed by atoms with Crippen LogP contribution in [-0.4, -0.2) is 29.3 Å². The standard InChI is InChI=1S/C16H16N2O4/c1-11(19)18-9-12-4-6-13(7-5-12)16(21)22-10-15(20)14-3-2-8-17-14/h2-8,17H,9-10H2,1H3,(H,18,19). The number of carbonyl (C=O) groups excluding carboxylic acids is 3. The van der Waals surface area contributed by atoms with Gasteiger partial charge in [-0.05, 0) is 29.8 Å². The van der Waals surface area contributed by atoms with Crippen LogP contribution in [0.2, 0.25) is 0 Å². The van der Waals surface area contributed by atoms with Gasteiger partial charge in [0.25, 0.3) is 0 Å². The van der Waals surface area contributed by atoms with Crippen molar-refractivity contribution in [3.8, 4) is 0 Å². The van der Waals surface area contributed by atoms with E-state index in [0.29, 0.717) is 17.8 Å². The van der Waals surface area contributed by atoms with E-state index in [1.807, 2.05) is 0 Å². The van der Waals surface area contributed by atoms with E-state index in [2.05, 4.69) is 10.3 Å². The molecule has 0 unspecified atom stereocenters. The molecule has 6 nitrogen and oxygen atoms in total. The highest BCUT2D eigenvalue weighted by molar-refractivity contribution is 5.98. The summed E-state index contributed by atoms with van der Waals surface area (Å²) in [6.45, 7) is 1.52. The third-order valence-electron chi connectivity index (χ3n) is 2.96. The van der Waals surface area contributed by atoms with Crippen LogP contribution in [-0.2, 0) is 16.1 Å². The maximum Gasteiger partial charge on any atom is 0.338 e. The van der Waals surface area contributed by atoms with Gasteiger partial charge in [-0.2, -0.15) is 0 Å². The van der Waals surface area contributed by atoms with Crippen molar-refractivity contribution in [3.05, 3.63) is 59.4 Å². The van der Waals surface area contributed by atoms with E-state index < -0.39 is 5.97 Å². The molecule has 0 fully saturated rings. The number of H-pyrrole nitrogens is 1. The second kappa shape index (κ2) is 7.21. The molecule has 0 spiro atoms. The molecule has 0 aliphatic rings. The predicted molar refractivity (Wildman–Crippen MR) is 79.4 cm³/mol. The summed E-state index contributed by atoms with van der Waals surface area (Å²) in [5, 5.41) is 2.66. The Bertz CT molecular complexity index is 660. The second-order valence-electron chi connectivity index (χ2n) is 4.69. The van der Waals surface area contributed by atoms with Gasteiger partial charge < -0.3 is 15.0 Å². The van der Waals surface area contributed by atoms with Crippen LogP contribution in [0, 0.1) is 0 Å². The molecule has 2 aromatic rings. The van der Waals surface area contributed by atoms with Crippen LogP contribution in [0.25, 0.3) is 0 Å². The number of benzene rings is 1. The molecule has 0 aliphatic heterocycles. The number of esters is 1. The second-order valence-corrected chi connectivity index (χ2v) is 4.69. The fourth-order valence-electron chi connectivity index (χ4n) is 1.78. The quantitative estimate of drug-likeness (QED) is 0.627. The SMILES string of the molecule is CC(=O)NCc1ccc(C(=O)OCC(=O)c2ccc[nH]2)cc1. The summed E-state index contributed by atoms with van der Waals surface area (Å²) in [5.74, 6) is -0.974. The lowest BCUT2D eigenvalue weighted by molar-refractivity contribution is -0.119. The molecule has 1 aromatic carbocycles. The zero-order chi connectivity index (χ0) is 15.9. The number of ketones is 1. The lowest BCUT2D eigenvalue weighted by Gasteiger charge is -2.05. The molecule has 114 valence electrons. The molecule has 0 atom stereocenters. The van der Waals surface area contributed by atoms with Gasteiger partial charge in [0.15, 0.2) is 6.61 Å². The Morgan fingerprint density at radius 1 is 1.14 bits per heavy atom. The number of hydrogen-bond donors (Lipinski definition) is 2. The number of Topliss-reactive ketones (excluding diaryl/α,β-unsaturated/α-hetero) is 1. The normalized spacial score (nSPS) is 10.0. The molecule has 6 heteroatoms. The van der Waals surface area contributed by atoms with Crippen LogP contribution in [0.3, 0.4) is 0 Å².